The minimum atomic E-state index is 0.287. The minimum Gasteiger partial charge on any atom is -0.326 e. The Hall–Kier alpha value is -1.13. The highest BCUT2D eigenvalue weighted by molar-refractivity contribution is 9.10. The molecule has 0 amide bonds. The summed E-state index contributed by atoms with van der Waals surface area (Å²) in [6.45, 7) is 0. The Morgan fingerprint density at radius 2 is 2.12 bits per heavy atom. The van der Waals surface area contributed by atoms with Gasteiger partial charge in [-0.2, -0.15) is 0 Å². The molecule has 1 fully saturated rings. The first-order chi connectivity index (χ1) is 7.77. The highest BCUT2D eigenvalue weighted by Crippen LogP contribution is 2.38. The van der Waals surface area contributed by atoms with Crippen LogP contribution in [0.1, 0.15) is 12.5 Å². The van der Waals surface area contributed by atoms with Crippen LogP contribution in [0.4, 0.5) is 0 Å². The van der Waals surface area contributed by atoms with Crippen LogP contribution in [-0.4, -0.2) is 15.6 Å². The van der Waals surface area contributed by atoms with E-state index in [1.54, 1.807) is 0 Å². The molecule has 0 saturated heterocycles. The maximum absolute atomic E-state index is 5.88. The average molecular weight is 278 g/mol. The summed E-state index contributed by atoms with van der Waals surface area (Å²) in [6, 6.07) is 8.88. The van der Waals surface area contributed by atoms with Gasteiger partial charge in [0.05, 0.1) is 24.3 Å². The molecule has 1 heterocycles. The summed E-state index contributed by atoms with van der Waals surface area (Å²) in [7, 11) is 0. The van der Waals surface area contributed by atoms with Gasteiger partial charge in [0.25, 0.3) is 0 Å². The third-order valence-corrected chi connectivity index (χ3v) is 3.67. The molecule has 1 aliphatic rings. The standard InChI is InChI=1S/C12H12BrN3/c13-9-4-2-1-3-8(9)12-6-15-7-16(12)11-5-10(11)14/h1-4,6-7,10-11H,5,14H2. The van der Waals surface area contributed by atoms with Crippen molar-refractivity contribution < 1.29 is 0 Å². The predicted molar refractivity (Wildman–Crippen MR) is 67.0 cm³/mol. The number of nitrogens with two attached hydrogens (primary N) is 1. The molecule has 2 atom stereocenters. The van der Waals surface area contributed by atoms with Crippen LogP contribution >= 0.6 is 15.9 Å². The van der Waals surface area contributed by atoms with Crippen LogP contribution in [0, 0.1) is 0 Å². The minimum absolute atomic E-state index is 0.287. The Labute approximate surface area is 102 Å². The lowest BCUT2D eigenvalue weighted by Crippen LogP contribution is -2.06. The normalized spacial score (nSPS) is 23.4. The van der Waals surface area contributed by atoms with E-state index in [1.807, 2.05) is 30.7 Å². The van der Waals surface area contributed by atoms with Crippen LogP contribution in [0.15, 0.2) is 41.3 Å². The predicted octanol–water partition coefficient (Wildman–Crippen LogP) is 2.58. The van der Waals surface area contributed by atoms with E-state index in [0.717, 1.165) is 16.6 Å². The molecular weight excluding hydrogens is 266 g/mol. The van der Waals surface area contributed by atoms with Crippen LogP contribution in [-0.2, 0) is 0 Å². The molecular formula is C12H12BrN3. The second-order valence-corrected chi connectivity index (χ2v) is 4.99. The molecule has 2 N–H and O–H groups in total. The Balaban J connectivity index is 2.07. The number of hydrogen-bond donors (Lipinski definition) is 1. The first-order valence-corrected chi connectivity index (χ1v) is 6.09. The SMILES string of the molecule is NC1CC1n1cncc1-c1ccccc1Br. The fourth-order valence-corrected chi connectivity index (χ4v) is 2.45. The van der Waals surface area contributed by atoms with Gasteiger partial charge < -0.3 is 10.3 Å². The average Bonchev–Trinajstić information content (AvgIpc) is 2.82. The van der Waals surface area contributed by atoms with Crippen molar-refractivity contribution in [2.24, 2.45) is 5.73 Å². The maximum atomic E-state index is 5.88. The van der Waals surface area contributed by atoms with E-state index in [9.17, 15) is 0 Å². The molecule has 2 unspecified atom stereocenters. The molecule has 0 aliphatic heterocycles. The lowest BCUT2D eigenvalue weighted by atomic mass is 10.2. The van der Waals surface area contributed by atoms with E-state index in [4.69, 9.17) is 5.73 Å². The largest absolute Gasteiger partial charge is 0.326 e. The van der Waals surface area contributed by atoms with Gasteiger partial charge >= 0.3 is 0 Å². The van der Waals surface area contributed by atoms with Crippen LogP contribution in [0.3, 0.4) is 0 Å². The van der Waals surface area contributed by atoms with Crippen molar-refractivity contribution in [1.29, 1.82) is 0 Å². The van der Waals surface area contributed by atoms with E-state index in [0.29, 0.717) is 6.04 Å². The molecule has 3 nitrogen and oxygen atoms in total. The molecule has 1 aromatic heterocycles. The third kappa shape index (κ3) is 1.58. The van der Waals surface area contributed by atoms with Crippen molar-refractivity contribution in [2.45, 2.75) is 18.5 Å². The summed E-state index contributed by atoms with van der Waals surface area (Å²) in [5.74, 6) is 0. The Morgan fingerprint density at radius 3 is 2.81 bits per heavy atom. The number of imidazole rings is 1. The van der Waals surface area contributed by atoms with Gasteiger partial charge in [-0.25, -0.2) is 4.98 Å². The van der Waals surface area contributed by atoms with Crippen molar-refractivity contribution in [2.75, 3.05) is 0 Å². The Morgan fingerprint density at radius 1 is 1.38 bits per heavy atom. The number of hydrogen-bond acceptors (Lipinski definition) is 2. The fourth-order valence-electron chi connectivity index (χ4n) is 1.97. The third-order valence-electron chi connectivity index (χ3n) is 2.98. The molecule has 2 aromatic rings. The lowest BCUT2D eigenvalue weighted by Gasteiger charge is -2.08. The zero-order valence-electron chi connectivity index (χ0n) is 8.68. The quantitative estimate of drug-likeness (QED) is 0.917. The molecule has 82 valence electrons. The topological polar surface area (TPSA) is 43.8 Å². The number of rotatable bonds is 2. The number of halogens is 1. The molecule has 1 saturated carbocycles. The highest BCUT2D eigenvalue weighted by Gasteiger charge is 2.36. The summed E-state index contributed by atoms with van der Waals surface area (Å²) >= 11 is 3.56. The molecule has 3 rings (SSSR count). The summed E-state index contributed by atoms with van der Waals surface area (Å²) in [6.07, 6.45) is 4.81. The molecule has 4 heteroatoms. The molecule has 0 radical (unpaired) electrons. The van der Waals surface area contributed by atoms with Crippen LogP contribution in [0.25, 0.3) is 11.3 Å². The van der Waals surface area contributed by atoms with E-state index < -0.39 is 0 Å². The van der Waals surface area contributed by atoms with Crippen molar-refractivity contribution in [3.63, 3.8) is 0 Å². The summed E-state index contributed by atoms with van der Waals surface area (Å²) < 4.78 is 3.26. The van der Waals surface area contributed by atoms with Crippen molar-refractivity contribution in [1.82, 2.24) is 9.55 Å². The molecule has 16 heavy (non-hydrogen) atoms. The number of nitrogens with zero attached hydrogens (tertiary/aromatic N) is 2. The second-order valence-electron chi connectivity index (χ2n) is 4.13. The number of aromatic nitrogens is 2. The van der Waals surface area contributed by atoms with Crippen LogP contribution < -0.4 is 5.73 Å². The first kappa shape index (κ1) is 10.1. The van der Waals surface area contributed by atoms with E-state index in [1.165, 1.54) is 5.56 Å². The Bertz CT molecular complexity index is 520. The van der Waals surface area contributed by atoms with E-state index in [-0.39, 0.29) is 6.04 Å². The van der Waals surface area contributed by atoms with Crippen molar-refractivity contribution >= 4 is 15.9 Å². The number of benzene rings is 1. The van der Waals surface area contributed by atoms with Gasteiger partial charge in [0, 0.05) is 16.1 Å². The van der Waals surface area contributed by atoms with Gasteiger partial charge in [-0.3, -0.25) is 0 Å². The first-order valence-electron chi connectivity index (χ1n) is 5.29. The van der Waals surface area contributed by atoms with Gasteiger partial charge in [0.1, 0.15) is 0 Å². The fraction of sp³-hybridized carbons (Fsp3) is 0.250. The van der Waals surface area contributed by atoms with Crippen LogP contribution in [0.5, 0.6) is 0 Å². The highest BCUT2D eigenvalue weighted by atomic mass is 79.9. The molecule has 1 aliphatic carbocycles. The van der Waals surface area contributed by atoms with Gasteiger partial charge in [-0.1, -0.05) is 34.1 Å². The molecule has 0 spiro atoms. The van der Waals surface area contributed by atoms with Crippen molar-refractivity contribution in [3.05, 3.63) is 41.3 Å². The lowest BCUT2D eigenvalue weighted by molar-refractivity contribution is 0.718. The van der Waals surface area contributed by atoms with E-state index >= 15 is 0 Å². The van der Waals surface area contributed by atoms with Gasteiger partial charge in [0.2, 0.25) is 0 Å². The molecule has 0 bridgehead atoms. The zero-order chi connectivity index (χ0) is 11.1. The zero-order valence-corrected chi connectivity index (χ0v) is 10.3. The van der Waals surface area contributed by atoms with Crippen molar-refractivity contribution in [3.8, 4) is 11.3 Å². The van der Waals surface area contributed by atoms with Gasteiger partial charge in [-0.15, -0.1) is 0 Å². The monoisotopic (exact) mass is 277 g/mol. The summed E-state index contributed by atoms with van der Waals surface area (Å²) in [5.41, 5.74) is 8.18. The summed E-state index contributed by atoms with van der Waals surface area (Å²) in [4.78, 5) is 4.22. The maximum Gasteiger partial charge on any atom is 0.0954 e. The second kappa shape index (κ2) is 3.71. The van der Waals surface area contributed by atoms with Crippen LogP contribution in [0.2, 0.25) is 0 Å². The summed E-state index contributed by atoms with van der Waals surface area (Å²) in [5, 5.41) is 0. The smallest absolute Gasteiger partial charge is 0.0954 e. The van der Waals surface area contributed by atoms with Gasteiger partial charge in [-0.05, 0) is 12.5 Å². The Kier molecular flexibility index (Phi) is 2.33. The van der Waals surface area contributed by atoms with Gasteiger partial charge in [0.15, 0.2) is 0 Å². The molecule has 1 aromatic carbocycles. The van der Waals surface area contributed by atoms with E-state index in [2.05, 4.69) is 31.5 Å².